The summed E-state index contributed by atoms with van der Waals surface area (Å²) >= 11 is 11.7. The van der Waals surface area contributed by atoms with E-state index >= 15 is 0 Å². The van der Waals surface area contributed by atoms with Crippen molar-refractivity contribution in [1.29, 1.82) is 0 Å². The van der Waals surface area contributed by atoms with E-state index in [1.54, 1.807) is 19.9 Å². The van der Waals surface area contributed by atoms with Gasteiger partial charge in [-0.05, 0) is 24.1 Å². The molecule has 0 heterocycles. The topological polar surface area (TPSA) is 66.4 Å². The molecule has 19 heavy (non-hydrogen) atoms. The maximum absolute atomic E-state index is 11.9. The van der Waals surface area contributed by atoms with Crippen LogP contribution in [0.3, 0.4) is 0 Å². The highest BCUT2D eigenvalue weighted by molar-refractivity contribution is 6.35. The van der Waals surface area contributed by atoms with Gasteiger partial charge in [0.15, 0.2) is 0 Å². The lowest BCUT2D eigenvalue weighted by Crippen LogP contribution is -2.35. The number of carbonyl (C=O) groups excluding carboxylic acids is 1. The quantitative estimate of drug-likeness (QED) is 0.878. The number of halogens is 2. The van der Waals surface area contributed by atoms with Crippen molar-refractivity contribution in [3.05, 3.63) is 33.8 Å². The lowest BCUT2D eigenvalue weighted by molar-refractivity contribution is -0.142. The predicted molar refractivity (Wildman–Crippen MR) is 74.8 cm³/mol. The Morgan fingerprint density at radius 2 is 1.95 bits per heavy atom. The summed E-state index contributed by atoms with van der Waals surface area (Å²) in [6.07, 6.45) is 0. The number of nitrogens with one attached hydrogen (secondary N) is 1. The molecule has 1 rings (SSSR count). The van der Waals surface area contributed by atoms with E-state index in [1.807, 2.05) is 0 Å². The number of rotatable bonds is 5. The summed E-state index contributed by atoms with van der Waals surface area (Å²) in [7, 11) is 0. The van der Waals surface area contributed by atoms with Gasteiger partial charge in [-0.15, -0.1) is 0 Å². The first-order chi connectivity index (χ1) is 8.82. The van der Waals surface area contributed by atoms with Crippen molar-refractivity contribution >= 4 is 35.1 Å². The van der Waals surface area contributed by atoms with Crippen LogP contribution in [0.15, 0.2) is 18.2 Å². The van der Waals surface area contributed by atoms with E-state index in [0.717, 1.165) is 0 Å². The third kappa shape index (κ3) is 4.40. The Labute approximate surface area is 121 Å². The van der Waals surface area contributed by atoms with E-state index in [-0.39, 0.29) is 23.0 Å². The molecule has 0 aliphatic rings. The number of hydrogen-bond acceptors (Lipinski definition) is 2. The second kappa shape index (κ2) is 6.78. The third-order valence-electron chi connectivity index (χ3n) is 2.78. The van der Waals surface area contributed by atoms with Crippen LogP contribution in [-0.4, -0.2) is 23.5 Å². The van der Waals surface area contributed by atoms with Gasteiger partial charge in [-0.2, -0.15) is 0 Å². The van der Waals surface area contributed by atoms with Gasteiger partial charge >= 0.3 is 5.97 Å². The summed E-state index contributed by atoms with van der Waals surface area (Å²) < 4.78 is 0. The first kappa shape index (κ1) is 15.8. The maximum atomic E-state index is 11.9. The van der Waals surface area contributed by atoms with Crippen LogP contribution in [0.2, 0.25) is 10.0 Å². The number of carboxylic acid groups (broad SMARTS) is 1. The molecule has 2 N–H and O–H groups in total. The third-order valence-corrected chi connectivity index (χ3v) is 3.34. The number of benzene rings is 1. The van der Waals surface area contributed by atoms with E-state index in [2.05, 4.69) is 5.32 Å². The molecule has 0 bridgehead atoms. The predicted octanol–water partition coefficient (Wildman–Crippen LogP) is 3.08. The van der Waals surface area contributed by atoms with Gasteiger partial charge in [-0.3, -0.25) is 9.59 Å². The lowest BCUT2D eigenvalue weighted by Gasteiger charge is -2.17. The molecule has 1 amide bonds. The lowest BCUT2D eigenvalue weighted by atomic mass is 9.96. The van der Waals surface area contributed by atoms with Gasteiger partial charge < -0.3 is 10.4 Å². The summed E-state index contributed by atoms with van der Waals surface area (Å²) in [6.45, 7) is 3.63. The summed E-state index contributed by atoms with van der Waals surface area (Å²) in [5, 5.41) is 12.3. The van der Waals surface area contributed by atoms with E-state index < -0.39 is 17.8 Å². The maximum Gasteiger partial charge on any atom is 0.308 e. The standard InChI is InChI=1S/C13H15Cl2NO3/c1-7(2)10(13(18)19)6-16-12(17)9-5-8(14)3-4-11(9)15/h3-5,7,10H,6H2,1-2H3,(H,16,17)(H,18,19). The number of aliphatic carboxylic acids is 1. The van der Waals surface area contributed by atoms with Gasteiger partial charge in [0.05, 0.1) is 16.5 Å². The van der Waals surface area contributed by atoms with Crippen molar-refractivity contribution in [2.45, 2.75) is 13.8 Å². The molecule has 0 fully saturated rings. The Morgan fingerprint density at radius 1 is 1.32 bits per heavy atom. The molecule has 1 aromatic carbocycles. The van der Waals surface area contributed by atoms with Crippen LogP contribution >= 0.6 is 23.2 Å². The number of hydrogen-bond donors (Lipinski definition) is 2. The molecule has 0 aliphatic carbocycles. The van der Waals surface area contributed by atoms with Crippen LogP contribution in [0.25, 0.3) is 0 Å². The average Bonchev–Trinajstić information content (AvgIpc) is 2.31. The molecule has 104 valence electrons. The van der Waals surface area contributed by atoms with Crippen LogP contribution < -0.4 is 5.32 Å². The zero-order valence-electron chi connectivity index (χ0n) is 10.6. The summed E-state index contributed by atoms with van der Waals surface area (Å²) in [5.74, 6) is -2.08. The largest absolute Gasteiger partial charge is 0.481 e. The summed E-state index contributed by atoms with van der Waals surface area (Å²) in [6, 6.07) is 4.55. The zero-order valence-corrected chi connectivity index (χ0v) is 12.1. The molecule has 0 saturated carbocycles. The minimum Gasteiger partial charge on any atom is -0.481 e. The molecule has 0 saturated heterocycles. The molecule has 1 aromatic rings. The SMILES string of the molecule is CC(C)C(CNC(=O)c1cc(Cl)ccc1Cl)C(=O)O. The molecule has 1 unspecified atom stereocenters. The fraction of sp³-hybridized carbons (Fsp3) is 0.385. The van der Waals surface area contributed by atoms with E-state index in [4.69, 9.17) is 28.3 Å². The normalized spacial score (nSPS) is 12.3. The van der Waals surface area contributed by atoms with Crippen molar-refractivity contribution in [3.63, 3.8) is 0 Å². The Bertz CT molecular complexity index is 489. The van der Waals surface area contributed by atoms with Crippen molar-refractivity contribution in [1.82, 2.24) is 5.32 Å². The van der Waals surface area contributed by atoms with Crippen LogP contribution in [0.1, 0.15) is 24.2 Å². The minimum absolute atomic E-state index is 0.0503. The Balaban J connectivity index is 2.75. The summed E-state index contributed by atoms with van der Waals surface area (Å²) in [5.41, 5.74) is 0.238. The second-order valence-corrected chi connectivity index (χ2v) is 5.37. The molecule has 0 spiro atoms. The van der Waals surface area contributed by atoms with Crippen molar-refractivity contribution < 1.29 is 14.7 Å². The molecule has 0 aromatic heterocycles. The van der Waals surface area contributed by atoms with Gasteiger partial charge in [0, 0.05) is 11.6 Å². The van der Waals surface area contributed by atoms with E-state index in [1.165, 1.54) is 12.1 Å². The Kier molecular flexibility index (Phi) is 5.63. The average molecular weight is 304 g/mol. The highest BCUT2D eigenvalue weighted by Crippen LogP contribution is 2.20. The highest BCUT2D eigenvalue weighted by Gasteiger charge is 2.22. The molecule has 4 nitrogen and oxygen atoms in total. The zero-order chi connectivity index (χ0) is 14.6. The first-order valence-corrected chi connectivity index (χ1v) is 6.54. The summed E-state index contributed by atoms with van der Waals surface area (Å²) in [4.78, 5) is 22.9. The van der Waals surface area contributed by atoms with E-state index in [9.17, 15) is 9.59 Å². The Morgan fingerprint density at radius 3 is 2.47 bits per heavy atom. The van der Waals surface area contributed by atoms with Gasteiger partial charge in [-0.1, -0.05) is 37.0 Å². The van der Waals surface area contributed by atoms with Gasteiger partial charge in [0.2, 0.25) is 0 Å². The molecular formula is C13H15Cl2NO3. The minimum atomic E-state index is -0.938. The Hall–Kier alpha value is -1.26. The van der Waals surface area contributed by atoms with Crippen LogP contribution in [0.4, 0.5) is 0 Å². The second-order valence-electron chi connectivity index (χ2n) is 4.52. The molecule has 1 atom stereocenters. The molecule has 0 aliphatic heterocycles. The van der Waals surface area contributed by atoms with Crippen LogP contribution in [-0.2, 0) is 4.79 Å². The molecular weight excluding hydrogens is 289 g/mol. The van der Waals surface area contributed by atoms with Gasteiger partial charge in [-0.25, -0.2) is 0 Å². The smallest absolute Gasteiger partial charge is 0.308 e. The number of amides is 1. The fourth-order valence-electron chi connectivity index (χ4n) is 1.58. The van der Waals surface area contributed by atoms with Crippen LogP contribution in [0, 0.1) is 11.8 Å². The molecule has 0 radical (unpaired) electrons. The van der Waals surface area contributed by atoms with Gasteiger partial charge in [0.1, 0.15) is 0 Å². The molecule has 6 heteroatoms. The van der Waals surface area contributed by atoms with Crippen LogP contribution in [0.5, 0.6) is 0 Å². The van der Waals surface area contributed by atoms with Crippen molar-refractivity contribution in [2.75, 3.05) is 6.54 Å². The monoisotopic (exact) mass is 303 g/mol. The highest BCUT2D eigenvalue weighted by atomic mass is 35.5. The van der Waals surface area contributed by atoms with Crippen molar-refractivity contribution in [3.8, 4) is 0 Å². The van der Waals surface area contributed by atoms with Gasteiger partial charge in [0.25, 0.3) is 5.91 Å². The van der Waals surface area contributed by atoms with E-state index in [0.29, 0.717) is 5.02 Å². The fourth-order valence-corrected chi connectivity index (χ4v) is 1.95. The first-order valence-electron chi connectivity index (χ1n) is 5.79. The van der Waals surface area contributed by atoms with Crippen molar-refractivity contribution in [2.24, 2.45) is 11.8 Å². The number of carboxylic acids is 1. The number of carbonyl (C=O) groups is 2.